The maximum Gasteiger partial charge on any atom is 0.424 e. The Morgan fingerprint density at radius 2 is 1.57 bits per heavy atom. The van der Waals surface area contributed by atoms with E-state index < -0.39 is 86.9 Å². The van der Waals surface area contributed by atoms with Gasteiger partial charge in [-0.15, -0.1) is 17.5 Å². The molecule has 0 aliphatic carbocycles. The molecule has 58 heavy (non-hydrogen) atoms. The Bertz CT molecular complexity index is 2390. The highest BCUT2D eigenvalue weighted by atomic mass is 35.5. The van der Waals surface area contributed by atoms with Crippen LogP contribution in [-0.4, -0.2) is 72.9 Å². The maximum atomic E-state index is 13.7. The third-order valence-corrected chi connectivity index (χ3v) is 9.62. The number of halogens is 5. The van der Waals surface area contributed by atoms with E-state index in [1.165, 1.54) is 28.8 Å². The van der Waals surface area contributed by atoms with Crippen molar-refractivity contribution in [3.8, 4) is 16.9 Å². The van der Waals surface area contributed by atoms with Gasteiger partial charge in [0.2, 0.25) is 12.7 Å². The highest BCUT2D eigenvalue weighted by Gasteiger charge is 2.33. The number of nitrogens with zero attached hydrogens (tertiary/aromatic N) is 4. The number of amides is 2. The second-order valence-corrected chi connectivity index (χ2v) is 16.0. The summed E-state index contributed by atoms with van der Waals surface area (Å²) in [5, 5.41) is 7.18. The molecule has 2 amide bonds. The Morgan fingerprint density at radius 1 is 0.931 bits per heavy atom. The minimum absolute atomic E-state index is 0. The summed E-state index contributed by atoms with van der Waals surface area (Å²) in [6.45, 7) is 3.94. The molecule has 3 N–H and O–H groups in total. The number of carbonyl (C=O) groups is 3. The number of esters is 1. The van der Waals surface area contributed by atoms with Gasteiger partial charge in [0.05, 0.1) is 16.5 Å². The van der Waals surface area contributed by atoms with Crippen LogP contribution in [0.4, 0.5) is 39.7 Å². The average molecular weight is 851 g/mol. The predicted octanol–water partition coefficient (Wildman–Crippen LogP) is 7.19. The molecule has 0 bridgehead atoms. The topological polar surface area (TPSA) is 185 Å². The number of alkyl halides is 3. The lowest BCUT2D eigenvalue weighted by Crippen LogP contribution is -2.43. The number of nitrogens with one attached hydrogen (secondary N) is 1. The predicted molar refractivity (Wildman–Crippen MR) is 207 cm³/mol. The Labute approximate surface area is 336 Å². The number of pyridine rings is 1. The SMILES string of the molecule is C[C@@H](C(=O)Nc1ccc(-c2ccc3nc(N(C(=O)OCOC(=O)[C@@H](N)C(C)(C)C)c4ccc(S(C)(=O)=O)cc4OCC(F)(F)F)nn3c2)cc1)c1ccc(F)cc1.Cl. The normalized spacial score (nSPS) is 12.9. The van der Waals surface area contributed by atoms with Gasteiger partial charge in [-0.2, -0.15) is 18.2 Å². The van der Waals surface area contributed by atoms with Crippen molar-refractivity contribution in [1.29, 1.82) is 0 Å². The highest BCUT2D eigenvalue weighted by Crippen LogP contribution is 2.37. The van der Waals surface area contributed by atoms with Crippen LogP contribution in [0.2, 0.25) is 0 Å². The molecular weight excluding hydrogens is 812 g/mol. The number of sulfone groups is 1. The number of rotatable bonds is 12. The van der Waals surface area contributed by atoms with Crippen LogP contribution < -0.4 is 20.7 Å². The van der Waals surface area contributed by atoms with E-state index in [-0.39, 0.29) is 24.0 Å². The van der Waals surface area contributed by atoms with Gasteiger partial charge in [-0.1, -0.05) is 45.0 Å². The number of aromatic nitrogens is 3. The first kappa shape index (κ1) is 44.9. The van der Waals surface area contributed by atoms with Gasteiger partial charge >= 0.3 is 18.2 Å². The quantitative estimate of drug-likeness (QED) is 0.0736. The van der Waals surface area contributed by atoms with Crippen molar-refractivity contribution in [3.05, 3.63) is 96.4 Å². The molecule has 2 heterocycles. The lowest BCUT2D eigenvalue weighted by molar-refractivity contribution is -0.156. The van der Waals surface area contributed by atoms with Crippen LogP contribution in [0.1, 0.15) is 39.2 Å². The van der Waals surface area contributed by atoms with Gasteiger partial charge in [0, 0.05) is 29.8 Å². The fraction of sp³-hybridized carbons (Fsp3) is 0.289. The molecular formula is C38H39ClF4N6O8S. The Balaban J connectivity index is 0.00000744. The Morgan fingerprint density at radius 3 is 2.17 bits per heavy atom. The van der Waals surface area contributed by atoms with Gasteiger partial charge in [-0.25, -0.2) is 27.0 Å². The van der Waals surface area contributed by atoms with E-state index in [4.69, 9.17) is 19.9 Å². The van der Waals surface area contributed by atoms with E-state index in [1.54, 1.807) is 70.3 Å². The van der Waals surface area contributed by atoms with Crippen LogP contribution in [0.25, 0.3) is 16.8 Å². The van der Waals surface area contributed by atoms with Crippen molar-refractivity contribution in [2.75, 3.05) is 29.9 Å². The molecule has 14 nitrogen and oxygen atoms in total. The molecule has 0 saturated carbocycles. The van der Waals surface area contributed by atoms with E-state index >= 15 is 0 Å². The minimum Gasteiger partial charge on any atom is -0.482 e. The van der Waals surface area contributed by atoms with E-state index in [1.807, 2.05) is 0 Å². The highest BCUT2D eigenvalue weighted by molar-refractivity contribution is 7.90. The molecule has 20 heteroatoms. The second kappa shape index (κ2) is 17.8. The summed E-state index contributed by atoms with van der Waals surface area (Å²) >= 11 is 0. The minimum atomic E-state index is -4.85. The summed E-state index contributed by atoms with van der Waals surface area (Å²) in [5.41, 5.74) is 7.34. The summed E-state index contributed by atoms with van der Waals surface area (Å²) in [6.07, 6.45) is -3.81. The largest absolute Gasteiger partial charge is 0.482 e. The van der Waals surface area contributed by atoms with Crippen LogP contribution in [-0.2, 0) is 28.9 Å². The summed E-state index contributed by atoms with van der Waals surface area (Å²) < 4.78 is 94.4. The summed E-state index contributed by atoms with van der Waals surface area (Å²) in [5.74, 6) is -3.30. The van der Waals surface area contributed by atoms with Crippen molar-refractivity contribution in [2.24, 2.45) is 11.1 Å². The van der Waals surface area contributed by atoms with Gasteiger partial charge in [-0.05, 0) is 72.0 Å². The van der Waals surface area contributed by atoms with Crippen molar-refractivity contribution in [3.63, 3.8) is 0 Å². The van der Waals surface area contributed by atoms with Crippen molar-refractivity contribution >= 4 is 63.2 Å². The lowest BCUT2D eigenvalue weighted by Gasteiger charge is -2.25. The monoisotopic (exact) mass is 850 g/mol. The molecule has 0 spiro atoms. The van der Waals surface area contributed by atoms with Crippen LogP contribution in [0, 0.1) is 11.2 Å². The third kappa shape index (κ3) is 11.2. The first-order valence-electron chi connectivity index (χ1n) is 17.1. The summed E-state index contributed by atoms with van der Waals surface area (Å²) in [4.78, 5) is 43.6. The fourth-order valence-corrected chi connectivity index (χ4v) is 5.79. The number of carbonyl (C=O) groups excluding carboxylic acids is 3. The molecule has 2 aromatic heterocycles. The third-order valence-electron chi connectivity index (χ3n) is 8.51. The van der Waals surface area contributed by atoms with Crippen LogP contribution in [0.15, 0.2) is 90.0 Å². The molecule has 0 aliphatic heterocycles. The number of benzene rings is 3. The molecule has 0 saturated heterocycles. The van der Waals surface area contributed by atoms with Crippen LogP contribution in [0.3, 0.4) is 0 Å². The van der Waals surface area contributed by atoms with Crippen molar-refractivity contribution in [2.45, 2.75) is 50.7 Å². The lowest BCUT2D eigenvalue weighted by atomic mass is 9.87. The van der Waals surface area contributed by atoms with Gasteiger partial charge in [0.15, 0.2) is 22.1 Å². The Hall–Kier alpha value is -5.79. The molecule has 0 aliphatic rings. The average Bonchev–Trinajstić information content (AvgIpc) is 3.56. The molecule has 0 radical (unpaired) electrons. The van der Waals surface area contributed by atoms with Gasteiger partial charge in [0.1, 0.15) is 17.6 Å². The zero-order valence-electron chi connectivity index (χ0n) is 31.6. The zero-order valence-corrected chi connectivity index (χ0v) is 33.2. The van der Waals surface area contributed by atoms with E-state index in [0.29, 0.717) is 27.3 Å². The van der Waals surface area contributed by atoms with Gasteiger partial charge in [0.25, 0.3) is 5.95 Å². The van der Waals surface area contributed by atoms with Crippen molar-refractivity contribution < 1.29 is 54.6 Å². The van der Waals surface area contributed by atoms with E-state index in [0.717, 1.165) is 24.5 Å². The molecule has 310 valence electrons. The molecule has 5 aromatic rings. The van der Waals surface area contributed by atoms with Gasteiger partial charge in [-0.3, -0.25) is 9.59 Å². The zero-order chi connectivity index (χ0) is 41.9. The number of ether oxygens (including phenoxy) is 3. The van der Waals surface area contributed by atoms with E-state index in [2.05, 4.69) is 15.4 Å². The summed E-state index contributed by atoms with van der Waals surface area (Å²) in [7, 11) is -3.96. The van der Waals surface area contributed by atoms with E-state index in [9.17, 15) is 40.4 Å². The van der Waals surface area contributed by atoms with Crippen LogP contribution >= 0.6 is 12.4 Å². The molecule has 0 fully saturated rings. The molecule has 2 atom stereocenters. The summed E-state index contributed by atoms with van der Waals surface area (Å²) in [6, 6.07) is 17.4. The van der Waals surface area contributed by atoms with Crippen LogP contribution in [0.5, 0.6) is 5.75 Å². The maximum absolute atomic E-state index is 13.7. The molecule has 5 rings (SSSR count). The molecule has 0 unspecified atom stereocenters. The smallest absolute Gasteiger partial charge is 0.424 e. The number of fused-ring (bicyclic) bond motifs is 1. The molecule has 3 aromatic carbocycles. The van der Waals surface area contributed by atoms with Gasteiger partial charge < -0.3 is 25.3 Å². The second-order valence-electron chi connectivity index (χ2n) is 13.9. The number of hydrogen-bond acceptors (Lipinski definition) is 11. The number of hydrogen-bond donors (Lipinski definition) is 2. The number of nitrogens with two attached hydrogens (primary N) is 1. The number of anilines is 3. The van der Waals surface area contributed by atoms with Crippen molar-refractivity contribution in [1.82, 2.24) is 14.6 Å². The fourth-order valence-electron chi connectivity index (χ4n) is 5.15. The first-order chi connectivity index (χ1) is 26.6. The standard InChI is InChI=1S/C38H38F4N6O8S.ClH/c1-22(23-6-11-26(39)12-7-23)33(49)44-27-13-8-24(9-14-27)25-10-17-31-45-35(46-47(31)19-25)48(36(51)56-21-55-34(50)32(43)37(2,3)4)29-16-15-28(57(5,52)53)18-30(29)54-20-38(40,41)42;/h6-19,22,32H,20-21,43H2,1-5H3,(H,44,49);1H/t22-,32-;/m1./s1. The first-order valence-corrected chi connectivity index (χ1v) is 19.0. The Kier molecular flexibility index (Phi) is 13.8.